The van der Waals surface area contributed by atoms with Crippen LogP contribution in [-0.2, 0) is 3.82 Å². The molecule has 0 aromatic carbocycles. The molecule has 1 aliphatic rings. The minimum atomic E-state index is 0.827. The van der Waals surface area contributed by atoms with Gasteiger partial charge in [-0.05, 0) is 0 Å². The summed E-state index contributed by atoms with van der Waals surface area (Å²) in [5.41, 5.74) is 0. The fourth-order valence-electron chi connectivity index (χ4n) is 0.247. The van der Waals surface area contributed by atoms with Crippen molar-refractivity contribution in [2.24, 2.45) is 0 Å². The standard InChI is InChI=1S/C3H6OSSe/c6-4-1-3-2-5-3/h3,6H,1-2H2. The molecule has 1 aliphatic heterocycles. The third-order valence-corrected chi connectivity index (χ3v) is 1.92. The second-order valence-electron chi connectivity index (χ2n) is 1.25. The molecule has 0 radical (unpaired) electrons. The topological polar surface area (TPSA) is 9.23 Å². The van der Waals surface area contributed by atoms with Gasteiger partial charge in [-0.25, -0.2) is 0 Å². The van der Waals surface area contributed by atoms with Gasteiger partial charge in [0.05, 0.1) is 0 Å². The number of hydrogen-bond donors (Lipinski definition) is 0. The fraction of sp³-hybridized carbons (Fsp3) is 1.00. The van der Waals surface area contributed by atoms with E-state index in [0.717, 1.165) is 11.9 Å². The van der Waals surface area contributed by atoms with Crippen LogP contribution in [0.4, 0.5) is 0 Å². The van der Waals surface area contributed by atoms with E-state index in [0.29, 0.717) is 0 Å². The summed E-state index contributed by atoms with van der Waals surface area (Å²) in [6.45, 7) is 0.921. The van der Waals surface area contributed by atoms with Crippen molar-refractivity contribution in [3.05, 3.63) is 0 Å². The van der Waals surface area contributed by atoms with E-state index in [4.69, 9.17) is 3.82 Å². The fourth-order valence-corrected chi connectivity index (χ4v) is 1.24. The van der Waals surface area contributed by atoms with Crippen LogP contribution in [0.25, 0.3) is 0 Å². The van der Waals surface area contributed by atoms with Gasteiger partial charge in [-0.15, -0.1) is 0 Å². The molecule has 1 fully saturated rings. The van der Waals surface area contributed by atoms with Crippen LogP contribution in [0.2, 0.25) is 0 Å². The van der Waals surface area contributed by atoms with Crippen molar-refractivity contribution in [1.29, 1.82) is 0 Å². The van der Waals surface area contributed by atoms with Gasteiger partial charge in [-0.2, -0.15) is 0 Å². The average Bonchev–Trinajstić information content (AvgIpc) is 2.21. The van der Waals surface area contributed by atoms with Crippen molar-refractivity contribution in [3.8, 4) is 0 Å². The van der Waals surface area contributed by atoms with E-state index in [-0.39, 0.29) is 0 Å². The molecule has 0 aromatic heterocycles. The van der Waals surface area contributed by atoms with E-state index in [2.05, 4.69) is 16.3 Å². The van der Waals surface area contributed by atoms with Crippen LogP contribution < -0.4 is 0 Å². The zero-order valence-electron chi connectivity index (χ0n) is 3.26. The molecule has 1 rings (SSSR count). The van der Waals surface area contributed by atoms with E-state index >= 15 is 0 Å². The van der Waals surface area contributed by atoms with Gasteiger partial charge in [0.2, 0.25) is 0 Å². The van der Waals surface area contributed by atoms with Gasteiger partial charge in [-0.1, -0.05) is 0 Å². The Morgan fingerprint density at radius 1 is 2.00 bits per heavy atom. The van der Waals surface area contributed by atoms with Gasteiger partial charge >= 0.3 is 49.5 Å². The molecule has 3 heteroatoms. The third kappa shape index (κ3) is 1.52. The van der Waals surface area contributed by atoms with Crippen LogP contribution in [-0.4, -0.2) is 34.0 Å². The summed E-state index contributed by atoms with van der Waals surface area (Å²) >= 11 is 4.08. The molecule has 0 amide bonds. The molecule has 0 spiro atoms. The van der Waals surface area contributed by atoms with Crippen molar-refractivity contribution in [2.75, 3.05) is 12.4 Å². The van der Waals surface area contributed by atoms with Gasteiger partial charge < -0.3 is 0 Å². The van der Waals surface area contributed by atoms with Crippen molar-refractivity contribution in [3.63, 3.8) is 0 Å². The van der Waals surface area contributed by atoms with Crippen molar-refractivity contribution in [2.45, 2.75) is 5.25 Å². The van der Waals surface area contributed by atoms with Crippen LogP contribution in [0, 0.1) is 0 Å². The molecule has 1 nitrogen and oxygen atoms in total. The summed E-state index contributed by atoms with van der Waals surface area (Å²) in [4.78, 5) is 0. The molecule has 1 saturated heterocycles. The van der Waals surface area contributed by atoms with E-state index < -0.39 is 0 Å². The van der Waals surface area contributed by atoms with Gasteiger partial charge in [0, 0.05) is 0 Å². The number of hydrogen-bond acceptors (Lipinski definition) is 2. The van der Waals surface area contributed by atoms with Crippen LogP contribution >= 0.6 is 11.8 Å². The molecule has 0 aliphatic carbocycles. The second-order valence-corrected chi connectivity index (χ2v) is 3.13. The summed E-state index contributed by atoms with van der Waals surface area (Å²) in [6.07, 6.45) is 0. The Bertz CT molecular complexity index is 46.1. The molecular formula is C3H6OSSe. The van der Waals surface area contributed by atoms with Gasteiger partial charge in [0.25, 0.3) is 0 Å². The van der Waals surface area contributed by atoms with E-state index in [1.165, 1.54) is 5.75 Å². The normalized spacial score (nSPS) is 30.5. The molecule has 0 saturated carbocycles. The second kappa shape index (κ2) is 2.22. The molecule has 0 aromatic rings. The molecule has 1 unspecified atom stereocenters. The Morgan fingerprint density at radius 3 is 2.83 bits per heavy atom. The Morgan fingerprint density at radius 2 is 2.67 bits per heavy atom. The number of rotatable bonds is 2. The zero-order chi connectivity index (χ0) is 4.41. The summed E-state index contributed by atoms with van der Waals surface area (Å²) < 4.78 is 4.78. The zero-order valence-corrected chi connectivity index (χ0v) is 5.95. The van der Waals surface area contributed by atoms with Crippen LogP contribution in [0.3, 0.4) is 0 Å². The first kappa shape index (κ1) is 4.98. The Hall–Kier alpha value is 0.829. The van der Waals surface area contributed by atoms with Crippen LogP contribution in [0.15, 0.2) is 0 Å². The average molecular weight is 169 g/mol. The van der Waals surface area contributed by atoms with Crippen LogP contribution in [0.5, 0.6) is 0 Å². The van der Waals surface area contributed by atoms with Crippen molar-refractivity contribution in [1.82, 2.24) is 0 Å². The third-order valence-electron chi connectivity index (χ3n) is 0.663. The molecule has 0 bridgehead atoms. The molecule has 6 heavy (non-hydrogen) atoms. The molecule has 1 heterocycles. The summed E-state index contributed by atoms with van der Waals surface area (Å²) in [5, 5.41) is 0.827. The Balaban J connectivity index is 1.88. The Kier molecular flexibility index (Phi) is 1.84. The van der Waals surface area contributed by atoms with Crippen molar-refractivity contribution < 1.29 is 3.82 Å². The van der Waals surface area contributed by atoms with E-state index in [9.17, 15) is 0 Å². The minimum absolute atomic E-state index is 0.827. The van der Waals surface area contributed by atoms with Crippen LogP contribution in [0.1, 0.15) is 0 Å². The molecule has 1 atom stereocenters. The first-order valence-electron chi connectivity index (χ1n) is 1.81. The predicted octanol–water partition coefficient (Wildman–Crippen LogP) is -0.0658. The molecule has 36 valence electrons. The first-order chi connectivity index (χ1) is 2.93. The van der Waals surface area contributed by atoms with Crippen molar-refractivity contribution >= 4 is 28.1 Å². The summed E-state index contributed by atoms with van der Waals surface area (Å²) in [6, 6.07) is 0. The van der Waals surface area contributed by atoms with Gasteiger partial charge in [0.1, 0.15) is 0 Å². The summed E-state index contributed by atoms with van der Waals surface area (Å²) in [7, 11) is 0. The quantitative estimate of drug-likeness (QED) is 0.423. The number of thioether (sulfide) groups is 1. The Labute approximate surface area is 50.0 Å². The van der Waals surface area contributed by atoms with E-state index in [1.54, 1.807) is 0 Å². The maximum absolute atomic E-state index is 4.78. The van der Waals surface area contributed by atoms with Gasteiger partial charge in [0.15, 0.2) is 0 Å². The maximum atomic E-state index is 4.78. The monoisotopic (exact) mass is 170 g/mol. The van der Waals surface area contributed by atoms with Gasteiger partial charge in [-0.3, -0.25) is 0 Å². The predicted molar refractivity (Wildman–Crippen MR) is 29.3 cm³/mol. The molecule has 0 N–H and O–H groups in total. The SMILES string of the molecule is [SeH]OCC1CS1. The first-order valence-corrected chi connectivity index (χ1v) is 3.63. The molecular weight excluding hydrogens is 163 g/mol. The summed E-state index contributed by atoms with van der Waals surface area (Å²) in [5.74, 6) is 1.30. The van der Waals surface area contributed by atoms with E-state index in [1.807, 2.05) is 11.8 Å².